The summed E-state index contributed by atoms with van der Waals surface area (Å²) in [6, 6.07) is 13.1. The smallest absolute Gasteiger partial charge is 0.323 e. The van der Waals surface area contributed by atoms with Crippen LogP contribution in [-0.4, -0.2) is 40.8 Å². The van der Waals surface area contributed by atoms with Crippen LogP contribution in [0, 0.1) is 0 Å². The van der Waals surface area contributed by atoms with Crippen molar-refractivity contribution in [1.29, 1.82) is 0 Å². The third-order valence-electron chi connectivity index (χ3n) is 3.94. The lowest BCUT2D eigenvalue weighted by Gasteiger charge is -2.14. The minimum atomic E-state index is -1.25. The molecule has 1 fully saturated rings. The third kappa shape index (κ3) is 4.99. The maximum atomic E-state index is 12.3. The van der Waals surface area contributed by atoms with E-state index in [9.17, 15) is 14.4 Å². The molecule has 0 saturated carbocycles. The normalized spacial score (nSPS) is 15.1. The number of benzene rings is 2. The summed E-state index contributed by atoms with van der Waals surface area (Å²) >= 11 is 4.15. The molecular weight excluding hydrogens is 462 g/mol. The van der Waals surface area contributed by atoms with Crippen molar-refractivity contribution in [3.05, 3.63) is 63.0 Å². The number of carboxylic acid groups (broad SMARTS) is 1. The second kappa shape index (κ2) is 9.15. The lowest BCUT2D eigenvalue weighted by atomic mass is 10.1. The summed E-state index contributed by atoms with van der Waals surface area (Å²) in [7, 11) is 1.50. The molecule has 9 heteroatoms. The van der Waals surface area contributed by atoms with Gasteiger partial charge in [-0.25, -0.2) is 0 Å². The maximum Gasteiger partial charge on any atom is 0.323 e. The van der Waals surface area contributed by atoms with Crippen LogP contribution in [0.2, 0.25) is 0 Å². The number of rotatable bonds is 7. The molecule has 150 valence electrons. The van der Waals surface area contributed by atoms with E-state index in [4.69, 9.17) is 14.6 Å². The van der Waals surface area contributed by atoms with Crippen LogP contribution in [0.4, 0.5) is 4.79 Å². The van der Waals surface area contributed by atoms with E-state index in [0.717, 1.165) is 5.56 Å². The van der Waals surface area contributed by atoms with Gasteiger partial charge in [0, 0.05) is 0 Å². The maximum absolute atomic E-state index is 12.3. The number of carbonyl (C=O) groups is 3. The Morgan fingerprint density at radius 1 is 1.24 bits per heavy atom. The predicted octanol–water partition coefficient (Wildman–Crippen LogP) is 4.16. The summed E-state index contributed by atoms with van der Waals surface area (Å²) in [4.78, 5) is 35.9. The molecule has 1 aliphatic rings. The van der Waals surface area contributed by atoms with Gasteiger partial charge in [-0.2, -0.15) is 0 Å². The molecule has 1 N–H and O–H groups in total. The Morgan fingerprint density at radius 2 is 1.97 bits per heavy atom. The van der Waals surface area contributed by atoms with Crippen LogP contribution >= 0.6 is 27.7 Å². The third-order valence-corrected chi connectivity index (χ3v) is 5.44. The number of carbonyl (C=O) groups excluding carboxylic acids is 2. The molecule has 2 aromatic rings. The highest BCUT2D eigenvalue weighted by Gasteiger charge is 2.36. The highest BCUT2D eigenvalue weighted by Crippen LogP contribution is 2.39. The van der Waals surface area contributed by atoms with E-state index in [2.05, 4.69) is 15.9 Å². The molecule has 0 unspecified atom stereocenters. The van der Waals surface area contributed by atoms with Crippen molar-refractivity contribution in [3.8, 4) is 11.5 Å². The molecule has 7 nitrogen and oxygen atoms in total. The number of hydrogen-bond acceptors (Lipinski definition) is 6. The van der Waals surface area contributed by atoms with Gasteiger partial charge in [0.2, 0.25) is 0 Å². The van der Waals surface area contributed by atoms with Gasteiger partial charge in [-0.15, -0.1) is 0 Å². The second-order valence-corrected chi connectivity index (χ2v) is 7.82. The number of thioether (sulfide) groups is 1. The Labute approximate surface area is 179 Å². The van der Waals surface area contributed by atoms with Crippen molar-refractivity contribution >= 4 is 50.9 Å². The molecule has 1 aliphatic heterocycles. The lowest BCUT2D eigenvalue weighted by molar-refractivity contribution is -0.140. The van der Waals surface area contributed by atoms with Gasteiger partial charge in [0.15, 0.2) is 11.5 Å². The minimum Gasteiger partial charge on any atom is -0.493 e. The number of imide groups is 1. The monoisotopic (exact) mass is 477 g/mol. The highest BCUT2D eigenvalue weighted by molar-refractivity contribution is 9.10. The number of amides is 2. The minimum absolute atomic E-state index is 0.142. The molecule has 1 heterocycles. The van der Waals surface area contributed by atoms with Crippen molar-refractivity contribution in [2.24, 2.45) is 0 Å². The fourth-order valence-corrected chi connectivity index (χ4v) is 4.03. The van der Waals surface area contributed by atoms with E-state index in [1.165, 1.54) is 13.2 Å². The standard InChI is InChI=1S/C20H16BrNO6S/c1-27-15-8-13(9-16-19(25)22(10-17(23)24)20(26)29-16)7-14(21)18(15)28-11-12-5-3-2-4-6-12/h2-9H,10-11H2,1H3,(H,23,24)/b16-9+. The molecule has 0 atom stereocenters. The molecule has 0 radical (unpaired) electrons. The predicted molar refractivity (Wildman–Crippen MR) is 112 cm³/mol. The molecule has 2 amide bonds. The summed E-state index contributed by atoms with van der Waals surface area (Å²) in [6.45, 7) is -0.315. The van der Waals surface area contributed by atoms with Gasteiger partial charge in [-0.05, 0) is 57.0 Å². The second-order valence-electron chi connectivity index (χ2n) is 5.97. The van der Waals surface area contributed by atoms with Crippen molar-refractivity contribution in [3.63, 3.8) is 0 Å². The Hall–Kier alpha value is -2.78. The zero-order valence-electron chi connectivity index (χ0n) is 15.3. The number of halogens is 1. The summed E-state index contributed by atoms with van der Waals surface area (Å²) in [6.07, 6.45) is 1.51. The van der Waals surface area contributed by atoms with E-state index in [-0.39, 0.29) is 4.91 Å². The number of hydrogen-bond donors (Lipinski definition) is 1. The zero-order chi connectivity index (χ0) is 21.0. The molecule has 3 rings (SSSR count). The average Bonchev–Trinajstić information content (AvgIpc) is 2.94. The van der Waals surface area contributed by atoms with E-state index in [0.29, 0.717) is 44.8 Å². The SMILES string of the molecule is COc1cc(/C=C2/SC(=O)N(CC(=O)O)C2=O)cc(Br)c1OCc1ccccc1. The van der Waals surface area contributed by atoms with Crippen LogP contribution < -0.4 is 9.47 Å². The molecule has 1 saturated heterocycles. The molecule has 29 heavy (non-hydrogen) atoms. The molecule has 0 bridgehead atoms. The van der Waals surface area contributed by atoms with Crippen molar-refractivity contribution < 1.29 is 29.0 Å². The van der Waals surface area contributed by atoms with Gasteiger partial charge in [0.25, 0.3) is 11.1 Å². The van der Waals surface area contributed by atoms with Gasteiger partial charge in [0.1, 0.15) is 13.2 Å². The number of carboxylic acids is 1. The van der Waals surface area contributed by atoms with E-state index in [1.54, 1.807) is 12.1 Å². The van der Waals surface area contributed by atoms with Gasteiger partial charge >= 0.3 is 5.97 Å². The first-order chi connectivity index (χ1) is 13.9. The topological polar surface area (TPSA) is 93.1 Å². The van der Waals surface area contributed by atoms with Crippen molar-refractivity contribution in [2.45, 2.75) is 6.61 Å². The summed E-state index contributed by atoms with van der Waals surface area (Å²) in [5, 5.41) is 8.23. The highest BCUT2D eigenvalue weighted by atomic mass is 79.9. The van der Waals surface area contributed by atoms with Crippen LogP contribution in [0.1, 0.15) is 11.1 Å². The van der Waals surface area contributed by atoms with Crippen molar-refractivity contribution in [2.75, 3.05) is 13.7 Å². The van der Waals surface area contributed by atoms with Crippen molar-refractivity contribution in [1.82, 2.24) is 4.90 Å². The largest absolute Gasteiger partial charge is 0.493 e. The summed E-state index contributed by atoms with van der Waals surface area (Å²) in [5.74, 6) is -0.932. The first-order valence-electron chi connectivity index (χ1n) is 8.40. The van der Waals surface area contributed by atoms with Gasteiger partial charge in [0.05, 0.1) is 16.5 Å². The Kier molecular flexibility index (Phi) is 6.60. The van der Waals surface area contributed by atoms with Crippen LogP contribution in [-0.2, 0) is 16.2 Å². The molecule has 2 aromatic carbocycles. The molecule has 0 aliphatic carbocycles. The molecular formula is C20H16BrNO6S. The Morgan fingerprint density at radius 3 is 2.62 bits per heavy atom. The van der Waals surface area contributed by atoms with Gasteiger partial charge in [-0.3, -0.25) is 19.3 Å². The number of nitrogens with zero attached hydrogens (tertiary/aromatic N) is 1. The fraction of sp³-hybridized carbons (Fsp3) is 0.150. The first kappa shape index (κ1) is 20.9. The van der Waals surface area contributed by atoms with Crippen LogP contribution in [0.25, 0.3) is 6.08 Å². The van der Waals surface area contributed by atoms with Gasteiger partial charge < -0.3 is 14.6 Å². The number of methoxy groups -OCH3 is 1. The zero-order valence-corrected chi connectivity index (χ0v) is 17.7. The fourth-order valence-electron chi connectivity index (χ4n) is 2.62. The van der Waals surface area contributed by atoms with E-state index < -0.39 is 23.7 Å². The van der Waals surface area contributed by atoms with Crippen LogP contribution in [0.15, 0.2) is 51.8 Å². The quantitative estimate of drug-likeness (QED) is 0.598. The lowest BCUT2D eigenvalue weighted by Crippen LogP contribution is -2.33. The Bertz CT molecular complexity index is 992. The Balaban J connectivity index is 1.83. The number of aliphatic carboxylic acids is 1. The van der Waals surface area contributed by atoms with Crippen LogP contribution in [0.3, 0.4) is 0 Å². The summed E-state index contributed by atoms with van der Waals surface area (Å²) < 4.78 is 11.9. The van der Waals surface area contributed by atoms with E-state index in [1.807, 2.05) is 30.3 Å². The molecule has 0 aromatic heterocycles. The average molecular weight is 478 g/mol. The molecule has 0 spiro atoms. The van der Waals surface area contributed by atoms with Crippen LogP contribution in [0.5, 0.6) is 11.5 Å². The van der Waals surface area contributed by atoms with E-state index >= 15 is 0 Å². The summed E-state index contributed by atoms with van der Waals surface area (Å²) in [5.41, 5.74) is 1.60. The number of ether oxygens (including phenoxy) is 2. The van der Waals surface area contributed by atoms with Gasteiger partial charge in [-0.1, -0.05) is 30.3 Å². The first-order valence-corrected chi connectivity index (χ1v) is 10.0.